The average molecular weight is 414 g/mol. The average Bonchev–Trinajstić information content (AvgIpc) is 3.47. The van der Waals surface area contributed by atoms with Crippen LogP contribution in [-0.2, 0) is 16.0 Å². The van der Waals surface area contributed by atoms with Crippen molar-refractivity contribution in [1.82, 2.24) is 24.8 Å². The monoisotopic (exact) mass is 413 g/mol. The van der Waals surface area contributed by atoms with Crippen LogP contribution in [0.4, 0.5) is 0 Å². The van der Waals surface area contributed by atoms with Crippen LogP contribution in [0.15, 0.2) is 10.9 Å². The van der Waals surface area contributed by atoms with Crippen LogP contribution in [0.25, 0.3) is 5.65 Å². The molecule has 0 spiro atoms. The molecular weight excluding hydrogens is 382 g/mol. The van der Waals surface area contributed by atoms with E-state index in [0.29, 0.717) is 29.7 Å². The van der Waals surface area contributed by atoms with Gasteiger partial charge in [-0.05, 0) is 39.0 Å². The Morgan fingerprint density at radius 3 is 2.73 bits per heavy atom. The van der Waals surface area contributed by atoms with Crippen molar-refractivity contribution in [2.75, 3.05) is 6.54 Å². The zero-order valence-corrected chi connectivity index (χ0v) is 17.9. The van der Waals surface area contributed by atoms with Gasteiger partial charge in [0.2, 0.25) is 11.8 Å². The second-order valence-electron chi connectivity index (χ2n) is 8.53. The summed E-state index contributed by atoms with van der Waals surface area (Å²) >= 11 is 0. The van der Waals surface area contributed by atoms with E-state index in [1.54, 1.807) is 0 Å². The van der Waals surface area contributed by atoms with E-state index in [1.165, 1.54) is 17.4 Å². The number of nitrogens with zero attached hydrogens (tertiary/aromatic N) is 3. The maximum atomic E-state index is 13.1. The summed E-state index contributed by atoms with van der Waals surface area (Å²) in [5.41, 5.74) is 2.46. The number of carbonyl (C=O) groups is 2. The second kappa shape index (κ2) is 8.62. The minimum absolute atomic E-state index is 0.00218. The Balaban J connectivity index is 1.53. The van der Waals surface area contributed by atoms with Gasteiger partial charge in [-0.25, -0.2) is 9.50 Å². The van der Waals surface area contributed by atoms with Crippen LogP contribution in [0, 0.1) is 6.92 Å². The highest BCUT2D eigenvalue weighted by Gasteiger charge is 2.30. The lowest BCUT2D eigenvalue weighted by Crippen LogP contribution is -2.33. The third-order valence-corrected chi connectivity index (χ3v) is 6.49. The van der Waals surface area contributed by atoms with Crippen molar-refractivity contribution in [3.8, 4) is 0 Å². The molecule has 4 rings (SSSR count). The summed E-state index contributed by atoms with van der Waals surface area (Å²) in [6.45, 7) is 4.43. The number of aromatic amines is 1. The quantitative estimate of drug-likeness (QED) is 0.759. The fourth-order valence-electron chi connectivity index (χ4n) is 4.85. The summed E-state index contributed by atoms with van der Waals surface area (Å²) in [7, 11) is 0. The van der Waals surface area contributed by atoms with Crippen molar-refractivity contribution in [3.05, 3.63) is 33.4 Å². The number of carbonyl (C=O) groups excluding carboxylic acids is 2. The number of aromatic nitrogens is 3. The molecule has 1 unspecified atom stereocenters. The van der Waals surface area contributed by atoms with Crippen LogP contribution in [0.1, 0.15) is 81.3 Å². The SMILES string of the molecule is CCC(=O)N1CCCC1c1cc2nc(C)c(CCC(=O)NC3CCCC3)c(=O)n2[nH]1. The Morgan fingerprint density at radius 1 is 1.23 bits per heavy atom. The molecule has 162 valence electrons. The van der Waals surface area contributed by atoms with Crippen LogP contribution in [0.5, 0.6) is 0 Å². The van der Waals surface area contributed by atoms with Crippen LogP contribution >= 0.6 is 0 Å². The van der Waals surface area contributed by atoms with Crippen molar-refractivity contribution in [1.29, 1.82) is 0 Å². The molecule has 30 heavy (non-hydrogen) atoms. The fourth-order valence-corrected chi connectivity index (χ4v) is 4.85. The first kappa shape index (κ1) is 20.6. The molecule has 1 saturated heterocycles. The van der Waals surface area contributed by atoms with Crippen LogP contribution in [0.3, 0.4) is 0 Å². The van der Waals surface area contributed by atoms with E-state index in [2.05, 4.69) is 15.4 Å². The highest BCUT2D eigenvalue weighted by molar-refractivity contribution is 5.77. The predicted octanol–water partition coefficient (Wildman–Crippen LogP) is 2.40. The zero-order valence-electron chi connectivity index (χ0n) is 17.9. The molecule has 1 atom stereocenters. The molecule has 2 aromatic rings. The maximum Gasteiger partial charge on any atom is 0.276 e. The number of rotatable bonds is 6. The number of fused-ring (bicyclic) bond motifs is 1. The van der Waals surface area contributed by atoms with Gasteiger partial charge in [0.25, 0.3) is 5.56 Å². The van der Waals surface area contributed by atoms with E-state index >= 15 is 0 Å². The Morgan fingerprint density at radius 2 is 2.00 bits per heavy atom. The van der Waals surface area contributed by atoms with Gasteiger partial charge >= 0.3 is 0 Å². The normalized spacial score (nSPS) is 19.7. The van der Waals surface area contributed by atoms with E-state index < -0.39 is 0 Å². The van der Waals surface area contributed by atoms with Gasteiger partial charge in [0.15, 0.2) is 5.65 Å². The lowest BCUT2D eigenvalue weighted by atomic mass is 10.1. The van der Waals surface area contributed by atoms with Crippen LogP contribution < -0.4 is 10.9 Å². The fraction of sp³-hybridized carbons (Fsp3) is 0.636. The molecule has 2 aliphatic rings. The predicted molar refractivity (Wildman–Crippen MR) is 113 cm³/mol. The number of nitrogens with one attached hydrogen (secondary N) is 2. The van der Waals surface area contributed by atoms with E-state index in [9.17, 15) is 14.4 Å². The van der Waals surface area contributed by atoms with E-state index in [4.69, 9.17) is 0 Å². The number of hydrogen-bond donors (Lipinski definition) is 2. The third kappa shape index (κ3) is 4.00. The van der Waals surface area contributed by atoms with Gasteiger partial charge in [-0.3, -0.25) is 19.5 Å². The van der Waals surface area contributed by atoms with Crippen molar-refractivity contribution in [2.45, 2.75) is 83.7 Å². The van der Waals surface area contributed by atoms with Crippen molar-refractivity contribution < 1.29 is 9.59 Å². The molecule has 3 heterocycles. The molecule has 0 aromatic carbocycles. The Labute approximate surface area is 176 Å². The lowest BCUT2D eigenvalue weighted by molar-refractivity contribution is -0.131. The number of aryl methyl sites for hydroxylation is 1. The van der Waals surface area contributed by atoms with Gasteiger partial charge in [0.1, 0.15) is 0 Å². The molecule has 8 heteroatoms. The summed E-state index contributed by atoms with van der Waals surface area (Å²) in [6.07, 6.45) is 7.39. The molecule has 0 bridgehead atoms. The van der Waals surface area contributed by atoms with Crippen LogP contribution in [-0.4, -0.2) is 43.9 Å². The van der Waals surface area contributed by atoms with E-state index in [0.717, 1.165) is 37.9 Å². The molecule has 1 aliphatic heterocycles. The van der Waals surface area contributed by atoms with Crippen molar-refractivity contribution >= 4 is 17.5 Å². The van der Waals surface area contributed by atoms with Gasteiger partial charge in [-0.2, -0.15) is 0 Å². The van der Waals surface area contributed by atoms with E-state index in [1.807, 2.05) is 24.8 Å². The zero-order chi connectivity index (χ0) is 21.3. The van der Waals surface area contributed by atoms with Crippen molar-refractivity contribution in [3.63, 3.8) is 0 Å². The summed E-state index contributed by atoms with van der Waals surface area (Å²) < 4.78 is 1.46. The topological polar surface area (TPSA) is 99.6 Å². The Bertz CT molecular complexity index is 1000. The van der Waals surface area contributed by atoms with Gasteiger partial charge < -0.3 is 10.2 Å². The van der Waals surface area contributed by atoms with Gasteiger partial charge in [-0.1, -0.05) is 19.8 Å². The smallest absolute Gasteiger partial charge is 0.276 e. The first-order valence-corrected chi connectivity index (χ1v) is 11.2. The summed E-state index contributed by atoms with van der Waals surface area (Å²) in [5, 5.41) is 6.25. The largest absolute Gasteiger partial charge is 0.353 e. The summed E-state index contributed by atoms with van der Waals surface area (Å²) in [5.74, 6) is 0.124. The highest BCUT2D eigenvalue weighted by atomic mass is 16.2. The minimum Gasteiger partial charge on any atom is -0.353 e. The summed E-state index contributed by atoms with van der Waals surface area (Å²) in [6, 6.07) is 2.11. The first-order valence-electron chi connectivity index (χ1n) is 11.2. The molecule has 2 N–H and O–H groups in total. The highest BCUT2D eigenvalue weighted by Crippen LogP contribution is 2.31. The lowest BCUT2D eigenvalue weighted by Gasteiger charge is -2.23. The molecule has 2 fully saturated rings. The molecule has 1 saturated carbocycles. The van der Waals surface area contributed by atoms with Crippen LogP contribution in [0.2, 0.25) is 0 Å². The summed E-state index contributed by atoms with van der Waals surface area (Å²) in [4.78, 5) is 44.1. The van der Waals surface area contributed by atoms with Gasteiger partial charge in [-0.15, -0.1) is 0 Å². The number of hydrogen-bond acceptors (Lipinski definition) is 4. The standard InChI is InChI=1S/C22H31N5O3/c1-3-21(29)26-12-6-9-18(26)17-13-19-23-14(2)16(22(30)27(19)25-17)10-11-20(28)24-15-7-4-5-8-15/h13,15,18,25H,3-12H2,1-2H3,(H,24,28). The molecule has 2 amide bonds. The minimum atomic E-state index is -0.163. The Kier molecular flexibility index (Phi) is 5.92. The number of H-pyrrole nitrogens is 1. The maximum absolute atomic E-state index is 13.1. The van der Waals surface area contributed by atoms with Crippen molar-refractivity contribution in [2.24, 2.45) is 0 Å². The third-order valence-electron chi connectivity index (χ3n) is 6.49. The van der Waals surface area contributed by atoms with Gasteiger partial charge in [0.05, 0.1) is 11.7 Å². The Hall–Kier alpha value is -2.64. The molecule has 2 aromatic heterocycles. The van der Waals surface area contributed by atoms with E-state index in [-0.39, 0.29) is 35.9 Å². The first-order chi connectivity index (χ1) is 14.5. The molecule has 0 radical (unpaired) electrons. The second-order valence-corrected chi connectivity index (χ2v) is 8.53. The molecule has 8 nitrogen and oxygen atoms in total. The van der Waals surface area contributed by atoms with Gasteiger partial charge in [0, 0.05) is 42.8 Å². The number of amides is 2. The molecule has 1 aliphatic carbocycles. The molecular formula is C22H31N5O3. The number of likely N-dealkylation sites (tertiary alicyclic amines) is 1.